The third-order valence-electron chi connectivity index (χ3n) is 4.56. The van der Waals surface area contributed by atoms with Gasteiger partial charge in [0.1, 0.15) is 11.7 Å². The Morgan fingerprint density at radius 3 is 2.58 bits per heavy atom. The molecule has 7 N–H and O–H groups in total. The molecule has 162 valence electrons. The van der Waals surface area contributed by atoms with Gasteiger partial charge < -0.3 is 31.4 Å². The molecular formula is C19H18ClN5O6. The highest BCUT2D eigenvalue weighted by molar-refractivity contribution is 6.31. The van der Waals surface area contributed by atoms with E-state index in [2.05, 4.69) is 20.3 Å². The molecule has 0 saturated carbocycles. The molecule has 2 aromatic heterocycles. The molecule has 0 saturated heterocycles. The van der Waals surface area contributed by atoms with Crippen molar-refractivity contribution in [2.45, 2.75) is 25.3 Å². The number of H-pyrrole nitrogens is 1. The van der Waals surface area contributed by atoms with E-state index < -0.39 is 30.3 Å². The summed E-state index contributed by atoms with van der Waals surface area (Å²) >= 11 is 6.31. The van der Waals surface area contributed by atoms with E-state index >= 15 is 0 Å². The number of rotatable bonds is 8. The summed E-state index contributed by atoms with van der Waals surface area (Å²) in [6.07, 6.45) is 1.27. The number of nitrogens with zero attached hydrogens (tertiary/aromatic N) is 2. The third-order valence-corrected chi connectivity index (χ3v) is 4.91. The molecule has 0 spiro atoms. The number of nitrogens with two attached hydrogens (primary N) is 1. The Morgan fingerprint density at radius 2 is 1.94 bits per heavy atom. The first-order chi connectivity index (χ1) is 14.7. The number of carboxylic acid groups (broad SMARTS) is 2. The number of nitrogens with one attached hydrogen (secondary N) is 2. The second-order valence-corrected chi connectivity index (χ2v) is 7.13. The van der Waals surface area contributed by atoms with Crippen LogP contribution in [0, 0.1) is 0 Å². The number of carboxylic acids is 2. The van der Waals surface area contributed by atoms with Crippen LogP contribution in [0.3, 0.4) is 0 Å². The summed E-state index contributed by atoms with van der Waals surface area (Å²) in [5.41, 5.74) is 7.30. The molecule has 0 aliphatic heterocycles. The molecule has 3 aromatic rings. The Hall–Kier alpha value is -3.86. The zero-order valence-electron chi connectivity index (χ0n) is 15.9. The molecule has 0 aliphatic rings. The van der Waals surface area contributed by atoms with Crippen LogP contribution in [0.2, 0.25) is 5.02 Å². The van der Waals surface area contributed by atoms with Crippen molar-refractivity contribution >= 4 is 46.4 Å². The minimum Gasteiger partial charge on any atom is -0.493 e. The first-order valence-electron chi connectivity index (χ1n) is 9.02. The number of aliphatic carboxylic acids is 2. The molecular weight excluding hydrogens is 430 g/mol. The summed E-state index contributed by atoms with van der Waals surface area (Å²) < 4.78 is 0. The molecule has 0 aliphatic carbocycles. The molecule has 2 heterocycles. The van der Waals surface area contributed by atoms with E-state index in [4.69, 9.17) is 22.4 Å². The van der Waals surface area contributed by atoms with Crippen LogP contribution in [0.4, 0.5) is 5.95 Å². The summed E-state index contributed by atoms with van der Waals surface area (Å²) in [4.78, 5) is 44.9. The van der Waals surface area contributed by atoms with Gasteiger partial charge in [0.15, 0.2) is 0 Å². The van der Waals surface area contributed by atoms with Crippen molar-refractivity contribution in [3.63, 3.8) is 0 Å². The van der Waals surface area contributed by atoms with Crippen molar-refractivity contribution < 1.29 is 29.7 Å². The van der Waals surface area contributed by atoms with Crippen LogP contribution in [0.5, 0.6) is 5.88 Å². The average molecular weight is 448 g/mol. The Kier molecular flexibility index (Phi) is 6.25. The Bertz CT molecular complexity index is 1180. The Labute approximate surface area is 179 Å². The molecule has 11 nitrogen and oxygen atoms in total. The van der Waals surface area contributed by atoms with Gasteiger partial charge in [-0.3, -0.25) is 9.59 Å². The normalized spacial score (nSPS) is 11.9. The SMILES string of the molecule is Nc1nc(O)c2c(Cc3ccc(C(=O)N[C@@H](CCC(=O)O)C(=O)O)cc3Cl)c[nH]c2n1. The van der Waals surface area contributed by atoms with Gasteiger partial charge in [-0.25, -0.2) is 4.79 Å². The van der Waals surface area contributed by atoms with Gasteiger partial charge in [-0.15, -0.1) is 0 Å². The standard InChI is InChI=1S/C19H18ClN5O6/c20-11-6-9(16(28)23-12(18(30)31)3-4-13(26)27)2-1-8(11)5-10-7-22-15-14(10)17(29)25-19(21)24-15/h1-2,6-7,12H,3-5H2,(H,23,28)(H,26,27)(H,30,31)(H4,21,22,24,25,29)/t12-/m0/s1. The van der Waals surface area contributed by atoms with Crippen molar-refractivity contribution in [1.29, 1.82) is 0 Å². The van der Waals surface area contributed by atoms with Crippen LogP contribution in [0.25, 0.3) is 11.0 Å². The number of hydrogen-bond acceptors (Lipinski definition) is 7. The molecule has 1 aromatic carbocycles. The van der Waals surface area contributed by atoms with Gasteiger partial charge in [-0.1, -0.05) is 17.7 Å². The molecule has 0 unspecified atom stereocenters. The number of anilines is 1. The Morgan fingerprint density at radius 1 is 1.19 bits per heavy atom. The predicted octanol–water partition coefficient (Wildman–Crippen LogP) is 1.54. The lowest BCUT2D eigenvalue weighted by Gasteiger charge is -2.14. The van der Waals surface area contributed by atoms with Crippen molar-refractivity contribution in [1.82, 2.24) is 20.3 Å². The number of hydrogen-bond donors (Lipinski definition) is 6. The highest BCUT2D eigenvalue weighted by Crippen LogP contribution is 2.29. The van der Waals surface area contributed by atoms with E-state index in [0.29, 0.717) is 22.2 Å². The van der Waals surface area contributed by atoms with E-state index in [-0.39, 0.29) is 35.3 Å². The summed E-state index contributed by atoms with van der Waals surface area (Å²) in [6, 6.07) is 3.10. The highest BCUT2D eigenvalue weighted by atomic mass is 35.5. The number of benzene rings is 1. The second-order valence-electron chi connectivity index (χ2n) is 6.72. The lowest BCUT2D eigenvalue weighted by atomic mass is 10.0. The van der Waals surface area contributed by atoms with Crippen LogP contribution < -0.4 is 11.1 Å². The zero-order chi connectivity index (χ0) is 22.7. The summed E-state index contributed by atoms with van der Waals surface area (Å²) in [6.45, 7) is 0. The molecule has 12 heteroatoms. The molecule has 1 atom stereocenters. The number of aromatic nitrogens is 3. The number of halogens is 1. The summed E-state index contributed by atoms with van der Waals surface area (Å²) in [5, 5.41) is 30.9. The number of aromatic amines is 1. The van der Waals surface area contributed by atoms with E-state index in [1.807, 2.05) is 0 Å². The highest BCUT2D eigenvalue weighted by Gasteiger charge is 2.22. The molecule has 3 rings (SSSR count). The number of fused-ring (bicyclic) bond motifs is 1. The number of carbonyl (C=O) groups is 3. The van der Waals surface area contributed by atoms with E-state index in [1.54, 1.807) is 12.3 Å². The molecule has 31 heavy (non-hydrogen) atoms. The first kappa shape index (κ1) is 21.8. The van der Waals surface area contributed by atoms with E-state index in [1.165, 1.54) is 12.1 Å². The van der Waals surface area contributed by atoms with Crippen molar-refractivity contribution in [2.75, 3.05) is 5.73 Å². The third kappa shape index (κ3) is 5.01. The topological polar surface area (TPSA) is 192 Å². The minimum atomic E-state index is -1.34. The molecule has 0 bridgehead atoms. The maximum absolute atomic E-state index is 12.4. The van der Waals surface area contributed by atoms with Gasteiger partial charge in [0.05, 0.1) is 5.39 Å². The van der Waals surface area contributed by atoms with Crippen molar-refractivity contribution in [3.05, 3.63) is 46.1 Å². The van der Waals surface area contributed by atoms with Crippen LogP contribution in [0.1, 0.15) is 34.3 Å². The largest absolute Gasteiger partial charge is 0.493 e. The fourth-order valence-electron chi connectivity index (χ4n) is 3.04. The van der Waals surface area contributed by atoms with Gasteiger partial charge >= 0.3 is 11.9 Å². The second kappa shape index (κ2) is 8.88. The molecule has 0 radical (unpaired) electrons. The zero-order valence-corrected chi connectivity index (χ0v) is 16.7. The van der Waals surface area contributed by atoms with Gasteiger partial charge in [0.25, 0.3) is 5.91 Å². The fraction of sp³-hybridized carbons (Fsp3) is 0.211. The van der Waals surface area contributed by atoms with Crippen LogP contribution in [0.15, 0.2) is 24.4 Å². The smallest absolute Gasteiger partial charge is 0.326 e. The first-order valence-corrected chi connectivity index (χ1v) is 9.39. The predicted molar refractivity (Wildman–Crippen MR) is 110 cm³/mol. The average Bonchev–Trinajstić information content (AvgIpc) is 3.08. The van der Waals surface area contributed by atoms with Crippen molar-refractivity contribution in [3.8, 4) is 5.88 Å². The number of aromatic hydroxyl groups is 1. The summed E-state index contributed by atoms with van der Waals surface area (Å²) in [5.74, 6) is -3.54. The minimum absolute atomic E-state index is 0.0742. The van der Waals surface area contributed by atoms with Gasteiger partial charge in [0, 0.05) is 29.6 Å². The fourth-order valence-corrected chi connectivity index (χ4v) is 3.28. The molecule has 1 amide bonds. The van der Waals surface area contributed by atoms with E-state index in [0.717, 1.165) is 0 Å². The quantitative estimate of drug-likeness (QED) is 0.297. The Balaban J connectivity index is 1.78. The monoisotopic (exact) mass is 447 g/mol. The van der Waals surface area contributed by atoms with Crippen molar-refractivity contribution in [2.24, 2.45) is 0 Å². The van der Waals surface area contributed by atoms with Crippen LogP contribution in [-0.2, 0) is 16.0 Å². The number of amides is 1. The van der Waals surface area contributed by atoms with Gasteiger partial charge in [-0.05, 0) is 29.7 Å². The van der Waals surface area contributed by atoms with E-state index in [9.17, 15) is 24.6 Å². The van der Waals surface area contributed by atoms with Crippen LogP contribution in [-0.4, -0.2) is 54.2 Å². The number of nitrogen functional groups attached to an aromatic ring is 1. The summed E-state index contributed by atoms with van der Waals surface area (Å²) in [7, 11) is 0. The number of carbonyl (C=O) groups excluding carboxylic acids is 1. The van der Waals surface area contributed by atoms with Gasteiger partial charge in [0.2, 0.25) is 11.8 Å². The lowest BCUT2D eigenvalue weighted by molar-refractivity contribution is -0.140. The van der Waals surface area contributed by atoms with Crippen LogP contribution >= 0.6 is 11.6 Å². The van der Waals surface area contributed by atoms with Gasteiger partial charge in [-0.2, -0.15) is 9.97 Å². The molecule has 0 fully saturated rings. The maximum Gasteiger partial charge on any atom is 0.326 e. The maximum atomic E-state index is 12.4. The lowest BCUT2D eigenvalue weighted by Crippen LogP contribution is -2.41.